The van der Waals surface area contributed by atoms with Gasteiger partial charge in [-0.25, -0.2) is 13.2 Å². The van der Waals surface area contributed by atoms with Crippen LogP contribution >= 0.6 is 11.6 Å². The van der Waals surface area contributed by atoms with Crippen LogP contribution in [0.2, 0.25) is 5.02 Å². The second kappa shape index (κ2) is 9.92. The molecule has 0 fully saturated rings. The Morgan fingerprint density at radius 3 is 2.23 bits per heavy atom. The Morgan fingerprint density at radius 2 is 1.70 bits per heavy atom. The van der Waals surface area contributed by atoms with Crippen LogP contribution in [0, 0.1) is 0 Å². The second-order valence-electron chi connectivity index (χ2n) is 6.54. The smallest absolute Gasteiger partial charge is 0.316 e. The van der Waals surface area contributed by atoms with E-state index in [-0.39, 0.29) is 21.5 Å². The molecule has 2 rings (SSSR count). The molecule has 0 aliphatic carbocycles. The van der Waals surface area contributed by atoms with Crippen LogP contribution in [0.1, 0.15) is 42.7 Å². The summed E-state index contributed by atoms with van der Waals surface area (Å²) in [5, 5.41) is 5.34. The Hall–Kier alpha value is -2.62. The lowest BCUT2D eigenvalue weighted by molar-refractivity contribution is 0.0939. The van der Waals surface area contributed by atoms with E-state index in [0.717, 1.165) is 5.56 Å². The molecule has 0 aliphatic heterocycles. The second-order valence-corrected chi connectivity index (χ2v) is 8.85. The fraction of sp³-hybridized carbons (Fsp3) is 0.300. The normalized spacial score (nSPS) is 12.4. The number of halogens is 1. The highest BCUT2D eigenvalue weighted by Gasteiger charge is 2.25. The number of rotatable bonds is 8. The molecule has 4 N–H and O–H groups in total. The minimum Gasteiger partial charge on any atom is -0.351 e. The summed E-state index contributed by atoms with van der Waals surface area (Å²) in [6.07, 6.45) is 0. The molecule has 162 valence electrons. The predicted octanol–water partition coefficient (Wildman–Crippen LogP) is 3.35. The van der Waals surface area contributed by atoms with Crippen molar-refractivity contribution in [1.29, 1.82) is 0 Å². The molecule has 0 aliphatic rings. The average molecular weight is 453 g/mol. The maximum atomic E-state index is 12.8. The van der Waals surface area contributed by atoms with Gasteiger partial charge < -0.3 is 16.4 Å². The number of urea groups is 1. The van der Waals surface area contributed by atoms with E-state index < -0.39 is 22.0 Å². The summed E-state index contributed by atoms with van der Waals surface area (Å²) in [5.41, 5.74) is 6.59. The number of carbonyl (C=O) groups is 2. The lowest BCUT2D eigenvalue weighted by Crippen LogP contribution is -2.31. The maximum Gasteiger partial charge on any atom is 0.316 e. The summed E-state index contributed by atoms with van der Waals surface area (Å²) in [4.78, 5) is 23.5. The van der Waals surface area contributed by atoms with Gasteiger partial charge in [0, 0.05) is 24.3 Å². The molecule has 0 saturated carbocycles. The Morgan fingerprint density at radius 1 is 1.10 bits per heavy atom. The van der Waals surface area contributed by atoms with Gasteiger partial charge in [-0.15, -0.1) is 0 Å². The van der Waals surface area contributed by atoms with Crippen molar-refractivity contribution in [1.82, 2.24) is 9.62 Å². The number of amides is 3. The summed E-state index contributed by atoms with van der Waals surface area (Å²) in [7, 11) is -3.81. The van der Waals surface area contributed by atoms with Gasteiger partial charge in [-0.05, 0) is 42.8 Å². The van der Waals surface area contributed by atoms with Crippen molar-refractivity contribution in [2.75, 3.05) is 18.4 Å². The van der Waals surface area contributed by atoms with Crippen molar-refractivity contribution in [3.05, 3.63) is 58.6 Å². The van der Waals surface area contributed by atoms with Gasteiger partial charge in [0.1, 0.15) is 4.90 Å². The summed E-state index contributed by atoms with van der Waals surface area (Å²) < 4.78 is 26.9. The number of sulfonamides is 1. The van der Waals surface area contributed by atoms with Crippen LogP contribution in [0.3, 0.4) is 0 Å². The SMILES string of the molecule is CCN(CC)S(=O)(=O)c1cc(C(=O)NC(C)c2ccc(NC(N)=O)cc2)ccc1Cl. The van der Waals surface area contributed by atoms with Crippen molar-refractivity contribution >= 4 is 39.2 Å². The van der Waals surface area contributed by atoms with Crippen LogP contribution in [0.25, 0.3) is 0 Å². The fourth-order valence-electron chi connectivity index (χ4n) is 2.91. The first-order valence-corrected chi connectivity index (χ1v) is 11.2. The van der Waals surface area contributed by atoms with Crippen molar-refractivity contribution in [2.24, 2.45) is 5.73 Å². The molecule has 0 bridgehead atoms. The van der Waals surface area contributed by atoms with Crippen molar-refractivity contribution in [2.45, 2.75) is 31.7 Å². The minimum absolute atomic E-state index is 0.0593. The molecule has 30 heavy (non-hydrogen) atoms. The first-order valence-electron chi connectivity index (χ1n) is 9.37. The van der Waals surface area contributed by atoms with Crippen LogP contribution in [-0.2, 0) is 10.0 Å². The van der Waals surface area contributed by atoms with Gasteiger partial charge in [-0.2, -0.15) is 4.31 Å². The van der Waals surface area contributed by atoms with E-state index in [1.54, 1.807) is 45.0 Å². The number of nitrogens with one attached hydrogen (secondary N) is 2. The third-order valence-electron chi connectivity index (χ3n) is 4.54. The van der Waals surface area contributed by atoms with Crippen molar-refractivity contribution in [3.8, 4) is 0 Å². The Labute approximate surface area is 181 Å². The highest BCUT2D eigenvalue weighted by atomic mass is 35.5. The summed E-state index contributed by atoms with van der Waals surface area (Å²) >= 11 is 6.12. The van der Waals surface area contributed by atoms with Gasteiger partial charge in [0.05, 0.1) is 11.1 Å². The molecular weight excluding hydrogens is 428 g/mol. The molecule has 2 aromatic carbocycles. The van der Waals surface area contributed by atoms with Gasteiger partial charge in [0.2, 0.25) is 10.0 Å². The predicted molar refractivity (Wildman–Crippen MR) is 117 cm³/mol. The zero-order valence-electron chi connectivity index (χ0n) is 17.0. The molecule has 1 atom stereocenters. The highest BCUT2D eigenvalue weighted by Crippen LogP contribution is 2.26. The molecule has 0 radical (unpaired) electrons. The standard InChI is InChI=1S/C20H25ClN4O4S/c1-4-25(5-2)30(28,29)18-12-15(8-11-17(18)21)19(26)23-13(3)14-6-9-16(10-7-14)24-20(22)27/h6-13H,4-5H2,1-3H3,(H,23,26)(H3,22,24,27). The van der Waals surface area contributed by atoms with E-state index in [0.29, 0.717) is 18.8 Å². The van der Waals surface area contributed by atoms with Crippen LogP contribution in [0.5, 0.6) is 0 Å². The number of hydrogen-bond donors (Lipinski definition) is 3. The first-order chi connectivity index (χ1) is 14.1. The maximum absolute atomic E-state index is 12.8. The van der Waals surface area contributed by atoms with E-state index in [1.807, 2.05) is 0 Å². The van der Waals surface area contributed by atoms with Gasteiger partial charge in [0.25, 0.3) is 5.91 Å². The molecule has 8 nitrogen and oxygen atoms in total. The molecule has 0 aromatic heterocycles. The molecule has 0 heterocycles. The van der Waals surface area contributed by atoms with Gasteiger partial charge in [-0.1, -0.05) is 37.6 Å². The fourth-order valence-corrected chi connectivity index (χ4v) is 4.86. The number of nitrogens with zero attached hydrogens (tertiary/aromatic N) is 1. The molecule has 3 amide bonds. The number of nitrogens with two attached hydrogens (primary N) is 1. The summed E-state index contributed by atoms with van der Waals surface area (Å²) in [6.45, 7) is 5.85. The van der Waals surface area contributed by atoms with Gasteiger partial charge >= 0.3 is 6.03 Å². The Balaban J connectivity index is 2.22. The van der Waals surface area contributed by atoms with Crippen LogP contribution in [0.4, 0.5) is 10.5 Å². The van der Waals surface area contributed by atoms with Crippen LogP contribution < -0.4 is 16.4 Å². The number of carbonyl (C=O) groups excluding carboxylic acids is 2. The third-order valence-corrected chi connectivity index (χ3v) is 7.07. The number of hydrogen-bond acceptors (Lipinski definition) is 4. The zero-order chi connectivity index (χ0) is 22.5. The molecular formula is C20H25ClN4O4S. The topological polar surface area (TPSA) is 122 Å². The Bertz CT molecular complexity index is 1020. The van der Waals surface area contributed by atoms with E-state index >= 15 is 0 Å². The van der Waals surface area contributed by atoms with Crippen molar-refractivity contribution < 1.29 is 18.0 Å². The summed E-state index contributed by atoms with van der Waals surface area (Å²) in [5.74, 6) is -0.436. The molecule has 1 unspecified atom stereocenters. The zero-order valence-corrected chi connectivity index (χ0v) is 18.5. The summed E-state index contributed by atoms with van der Waals surface area (Å²) in [6, 6.07) is 9.97. The average Bonchev–Trinajstić information content (AvgIpc) is 2.68. The number of primary amides is 1. The van der Waals surface area contributed by atoms with Gasteiger partial charge in [0.15, 0.2) is 0 Å². The molecule has 10 heteroatoms. The quantitative estimate of drug-likeness (QED) is 0.568. The largest absolute Gasteiger partial charge is 0.351 e. The molecule has 0 spiro atoms. The first kappa shape index (κ1) is 23.7. The lowest BCUT2D eigenvalue weighted by Gasteiger charge is -2.20. The lowest BCUT2D eigenvalue weighted by atomic mass is 10.1. The highest BCUT2D eigenvalue weighted by molar-refractivity contribution is 7.89. The number of benzene rings is 2. The Kier molecular flexibility index (Phi) is 7.83. The minimum atomic E-state index is -3.81. The number of anilines is 1. The third kappa shape index (κ3) is 5.50. The molecule has 2 aromatic rings. The molecule has 0 saturated heterocycles. The van der Waals surface area contributed by atoms with E-state index in [1.165, 1.54) is 22.5 Å². The van der Waals surface area contributed by atoms with Gasteiger partial charge in [-0.3, -0.25) is 4.79 Å². The van der Waals surface area contributed by atoms with Crippen LogP contribution in [0.15, 0.2) is 47.4 Å². The van der Waals surface area contributed by atoms with Crippen LogP contribution in [-0.4, -0.2) is 37.8 Å². The van der Waals surface area contributed by atoms with Crippen molar-refractivity contribution in [3.63, 3.8) is 0 Å². The van der Waals surface area contributed by atoms with E-state index in [9.17, 15) is 18.0 Å². The monoisotopic (exact) mass is 452 g/mol. The van der Waals surface area contributed by atoms with E-state index in [4.69, 9.17) is 17.3 Å². The van der Waals surface area contributed by atoms with E-state index in [2.05, 4.69) is 10.6 Å².